The van der Waals surface area contributed by atoms with Crippen LogP contribution in [0.5, 0.6) is 5.88 Å². The first-order valence-corrected chi connectivity index (χ1v) is 10.3. The fourth-order valence-electron chi connectivity index (χ4n) is 2.72. The Bertz CT molecular complexity index is 1120. The molecule has 0 radical (unpaired) electrons. The van der Waals surface area contributed by atoms with Gasteiger partial charge < -0.3 is 9.47 Å². The second-order valence-electron chi connectivity index (χ2n) is 6.41. The van der Waals surface area contributed by atoms with Crippen LogP contribution in [0.4, 0.5) is 4.79 Å². The molecule has 0 aliphatic carbocycles. The third kappa shape index (κ3) is 6.30. The quantitative estimate of drug-likeness (QED) is 0.271. The van der Waals surface area contributed by atoms with Gasteiger partial charge in [0.1, 0.15) is 0 Å². The smallest absolute Gasteiger partial charge is 0.434 e. The van der Waals surface area contributed by atoms with Crippen LogP contribution in [0.15, 0.2) is 97.1 Å². The van der Waals surface area contributed by atoms with Gasteiger partial charge in [0.25, 0.3) is 5.24 Å². The zero-order valence-corrected chi connectivity index (χ0v) is 18.1. The van der Waals surface area contributed by atoms with Crippen LogP contribution < -0.4 is 4.74 Å². The molecule has 32 heavy (non-hydrogen) atoms. The van der Waals surface area contributed by atoms with Crippen LogP contribution in [0, 0.1) is 0 Å². The molecule has 0 amide bonds. The predicted molar refractivity (Wildman–Crippen MR) is 123 cm³/mol. The zero-order chi connectivity index (χ0) is 22.8. The minimum Gasteiger partial charge on any atom is -0.434 e. The Labute approximate surface area is 191 Å². The summed E-state index contributed by atoms with van der Waals surface area (Å²) in [7, 11) is 0. The number of aromatic nitrogens is 2. The predicted octanol–water partition coefficient (Wildman–Crippen LogP) is 6.14. The van der Waals surface area contributed by atoms with Crippen molar-refractivity contribution in [3.63, 3.8) is 0 Å². The summed E-state index contributed by atoms with van der Waals surface area (Å²) in [6.45, 7) is 1.89. The standard InChI is InChI=1S/C19H15ClN2O4.C6H6/c1-2-25-19(24)26-17-12-16(13-6-4-3-5-7-13)21-22(17)15-10-8-14(9-11-15)18(20)23;1-2-4-6-5-3-1/h3-12H,2H2,1H3;1-6H. The van der Waals surface area contributed by atoms with Crippen LogP contribution in [0.25, 0.3) is 16.9 Å². The minimum atomic E-state index is -0.819. The molecule has 7 heteroatoms. The summed E-state index contributed by atoms with van der Waals surface area (Å²) in [5.41, 5.74) is 2.46. The lowest BCUT2D eigenvalue weighted by Crippen LogP contribution is -2.13. The number of benzene rings is 3. The van der Waals surface area contributed by atoms with E-state index in [1.807, 2.05) is 66.7 Å². The van der Waals surface area contributed by atoms with Gasteiger partial charge in [-0.3, -0.25) is 4.79 Å². The number of nitrogens with zero attached hydrogens (tertiary/aromatic N) is 2. The first kappa shape index (κ1) is 22.8. The molecule has 1 heterocycles. The summed E-state index contributed by atoms with van der Waals surface area (Å²) in [6.07, 6.45) is -0.819. The van der Waals surface area contributed by atoms with Crippen LogP contribution in [0.3, 0.4) is 0 Å². The van der Waals surface area contributed by atoms with Gasteiger partial charge in [-0.25, -0.2) is 4.79 Å². The average molecular weight is 449 g/mol. The number of rotatable bonds is 5. The van der Waals surface area contributed by atoms with Crippen molar-refractivity contribution in [1.82, 2.24) is 9.78 Å². The number of hydrogen-bond acceptors (Lipinski definition) is 5. The molecule has 0 fully saturated rings. The van der Waals surface area contributed by atoms with Gasteiger partial charge in [-0.15, -0.1) is 0 Å². The third-order valence-electron chi connectivity index (χ3n) is 4.20. The molecule has 1 aromatic heterocycles. The van der Waals surface area contributed by atoms with Gasteiger partial charge >= 0.3 is 6.16 Å². The SMILES string of the molecule is CCOC(=O)Oc1cc(-c2ccccc2)nn1-c1ccc(C(=O)Cl)cc1.c1ccccc1. The monoisotopic (exact) mass is 448 g/mol. The molecular formula is C25H21ClN2O4. The Morgan fingerprint density at radius 2 is 1.44 bits per heavy atom. The van der Waals surface area contributed by atoms with E-state index in [0.29, 0.717) is 16.9 Å². The van der Waals surface area contributed by atoms with Gasteiger partial charge in [0.05, 0.1) is 18.0 Å². The molecule has 0 saturated carbocycles. The van der Waals surface area contributed by atoms with Crippen molar-refractivity contribution in [3.8, 4) is 22.8 Å². The Morgan fingerprint density at radius 1 is 0.875 bits per heavy atom. The molecule has 4 rings (SSSR count). The lowest BCUT2D eigenvalue weighted by atomic mass is 10.2. The molecule has 0 saturated heterocycles. The highest BCUT2D eigenvalue weighted by atomic mass is 35.5. The van der Waals surface area contributed by atoms with Crippen molar-refractivity contribution in [1.29, 1.82) is 0 Å². The molecule has 6 nitrogen and oxygen atoms in total. The van der Waals surface area contributed by atoms with E-state index >= 15 is 0 Å². The first-order valence-electron chi connectivity index (χ1n) is 9.89. The van der Waals surface area contributed by atoms with Gasteiger partial charge in [0.15, 0.2) is 0 Å². The van der Waals surface area contributed by atoms with Crippen LogP contribution in [0.2, 0.25) is 0 Å². The van der Waals surface area contributed by atoms with E-state index in [2.05, 4.69) is 5.10 Å². The van der Waals surface area contributed by atoms with Crippen molar-refractivity contribution >= 4 is 23.0 Å². The molecule has 4 aromatic rings. The third-order valence-corrected chi connectivity index (χ3v) is 4.42. The first-order chi connectivity index (χ1) is 15.6. The van der Waals surface area contributed by atoms with E-state index in [9.17, 15) is 9.59 Å². The van der Waals surface area contributed by atoms with Crippen molar-refractivity contribution < 1.29 is 19.1 Å². The number of halogens is 1. The molecule has 0 unspecified atom stereocenters. The van der Waals surface area contributed by atoms with Crippen molar-refractivity contribution in [2.75, 3.05) is 6.61 Å². The fraction of sp³-hybridized carbons (Fsp3) is 0.0800. The normalized spacial score (nSPS) is 9.94. The lowest BCUT2D eigenvalue weighted by Gasteiger charge is -2.07. The molecule has 0 N–H and O–H groups in total. The largest absolute Gasteiger partial charge is 0.515 e. The van der Waals surface area contributed by atoms with E-state index in [0.717, 1.165) is 5.56 Å². The van der Waals surface area contributed by atoms with Crippen LogP contribution >= 0.6 is 11.6 Å². The summed E-state index contributed by atoms with van der Waals surface area (Å²) in [6, 6.07) is 29.6. The summed E-state index contributed by atoms with van der Waals surface area (Å²) >= 11 is 5.47. The van der Waals surface area contributed by atoms with Crippen LogP contribution in [0.1, 0.15) is 17.3 Å². The molecule has 3 aromatic carbocycles. The van der Waals surface area contributed by atoms with E-state index in [-0.39, 0.29) is 12.5 Å². The molecule has 0 aliphatic heterocycles. The summed E-state index contributed by atoms with van der Waals surface area (Å²) < 4.78 is 11.6. The Morgan fingerprint density at radius 3 is 1.97 bits per heavy atom. The van der Waals surface area contributed by atoms with Crippen molar-refractivity contribution in [2.24, 2.45) is 0 Å². The maximum atomic E-state index is 11.7. The highest BCUT2D eigenvalue weighted by molar-refractivity contribution is 6.67. The van der Waals surface area contributed by atoms with E-state index in [4.69, 9.17) is 21.1 Å². The second-order valence-corrected chi connectivity index (χ2v) is 6.75. The maximum Gasteiger partial charge on any atom is 0.515 e. The number of hydrogen-bond donors (Lipinski definition) is 0. The summed E-state index contributed by atoms with van der Waals surface area (Å²) in [5.74, 6) is 0.201. The molecule has 0 aliphatic rings. The van der Waals surface area contributed by atoms with Gasteiger partial charge in [0.2, 0.25) is 5.88 Å². The topological polar surface area (TPSA) is 70.4 Å². The number of ether oxygens (including phenoxy) is 2. The van der Waals surface area contributed by atoms with Gasteiger partial charge in [-0.05, 0) is 42.8 Å². The molecule has 162 valence electrons. The second kappa shape index (κ2) is 11.5. The minimum absolute atomic E-state index is 0.199. The van der Waals surface area contributed by atoms with Gasteiger partial charge in [-0.2, -0.15) is 9.78 Å². The van der Waals surface area contributed by atoms with E-state index in [1.54, 1.807) is 37.3 Å². The zero-order valence-electron chi connectivity index (χ0n) is 17.4. The molecular weight excluding hydrogens is 428 g/mol. The van der Waals surface area contributed by atoms with Crippen molar-refractivity contribution in [3.05, 3.63) is 103 Å². The highest BCUT2D eigenvalue weighted by Gasteiger charge is 2.16. The molecule has 0 spiro atoms. The van der Waals surface area contributed by atoms with E-state index in [1.165, 1.54) is 4.68 Å². The summed E-state index contributed by atoms with van der Waals surface area (Å²) in [4.78, 5) is 23.0. The van der Waals surface area contributed by atoms with Crippen LogP contribution in [-0.2, 0) is 4.74 Å². The Balaban J connectivity index is 0.000000416. The van der Waals surface area contributed by atoms with Gasteiger partial charge in [0, 0.05) is 17.2 Å². The van der Waals surface area contributed by atoms with Crippen LogP contribution in [-0.4, -0.2) is 27.8 Å². The van der Waals surface area contributed by atoms with Crippen molar-refractivity contribution in [2.45, 2.75) is 6.92 Å². The Hall–Kier alpha value is -3.90. The fourth-order valence-corrected chi connectivity index (χ4v) is 2.85. The Kier molecular flexibility index (Phi) is 8.17. The molecule has 0 bridgehead atoms. The maximum absolute atomic E-state index is 11.7. The van der Waals surface area contributed by atoms with Gasteiger partial charge in [-0.1, -0.05) is 66.7 Å². The van der Waals surface area contributed by atoms with E-state index < -0.39 is 11.4 Å². The number of carbonyl (C=O) groups excluding carboxylic acids is 2. The lowest BCUT2D eigenvalue weighted by molar-refractivity contribution is 0.101. The average Bonchev–Trinajstić information content (AvgIpc) is 3.25. The summed E-state index contributed by atoms with van der Waals surface area (Å²) in [5, 5.41) is 3.95. The highest BCUT2D eigenvalue weighted by Crippen LogP contribution is 2.27. The number of carbonyl (C=O) groups is 2. The molecule has 0 atom stereocenters.